The Kier molecular flexibility index (Phi) is 3.99. The van der Waals surface area contributed by atoms with Gasteiger partial charge in [0.2, 0.25) is 0 Å². The predicted octanol–water partition coefficient (Wildman–Crippen LogP) is 5.12. The van der Waals surface area contributed by atoms with E-state index in [1.54, 1.807) is 0 Å². The summed E-state index contributed by atoms with van der Waals surface area (Å²) < 4.78 is 0. The van der Waals surface area contributed by atoms with Gasteiger partial charge in [0.1, 0.15) is 17.7 Å². The normalized spacial score (nSPS) is 12.7. The molecule has 1 aliphatic carbocycles. The lowest BCUT2D eigenvalue weighted by atomic mass is 10.0. The average molecular weight is 250 g/mol. The van der Waals surface area contributed by atoms with Gasteiger partial charge in [0.25, 0.3) is 0 Å². The molecule has 1 aliphatic rings. The van der Waals surface area contributed by atoms with E-state index in [9.17, 15) is 0 Å². The molecule has 0 spiro atoms. The fourth-order valence-electron chi connectivity index (χ4n) is 2.28. The van der Waals surface area contributed by atoms with E-state index in [2.05, 4.69) is 55.3 Å². The number of fused-ring (bicyclic) bond motifs is 1. The maximum atomic E-state index is 3.49. The number of aromatic amines is 1. The van der Waals surface area contributed by atoms with E-state index in [4.69, 9.17) is 0 Å². The standard InChI is InChI=1S/C16H14N.C2H6/c1-11-8-9-15-14(10-11)12(2)16(17-15)13-6-4-3-5-7-13;1-2/h4-10,17H,1-2H3;1-2H3/q+1;. The van der Waals surface area contributed by atoms with Crippen LogP contribution in [0.5, 0.6) is 0 Å². The van der Waals surface area contributed by atoms with Crippen molar-refractivity contribution in [3.8, 4) is 0 Å². The maximum absolute atomic E-state index is 3.49. The van der Waals surface area contributed by atoms with Crippen LogP contribution in [-0.2, 0) is 0 Å². The molecule has 1 nitrogen and oxygen atoms in total. The fraction of sp³-hybridized carbons (Fsp3) is 0.222. The molecule has 0 fully saturated rings. The number of aryl methyl sites for hydroxylation is 2. The summed E-state index contributed by atoms with van der Waals surface area (Å²) in [5, 5.41) is 1.31. The van der Waals surface area contributed by atoms with Gasteiger partial charge in [-0.25, -0.2) is 0 Å². The lowest BCUT2D eigenvalue weighted by molar-refractivity contribution is 1.35. The lowest BCUT2D eigenvalue weighted by Crippen LogP contribution is -1.85. The Hall–Kier alpha value is -2.11. The number of hydrogen-bond acceptors (Lipinski definition) is 0. The summed E-state index contributed by atoms with van der Waals surface area (Å²) in [5.41, 5.74) is 6.24. The van der Waals surface area contributed by atoms with E-state index in [0.717, 1.165) is 0 Å². The van der Waals surface area contributed by atoms with Gasteiger partial charge in [-0.1, -0.05) is 25.5 Å². The molecule has 0 bridgehead atoms. The van der Waals surface area contributed by atoms with E-state index < -0.39 is 0 Å². The lowest BCUT2D eigenvalue weighted by Gasteiger charge is -1.96. The van der Waals surface area contributed by atoms with Crippen LogP contribution in [0.15, 0.2) is 42.5 Å². The van der Waals surface area contributed by atoms with E-state index in [1.165, 1.54) is 33.3 Å². The first-order valence-corrected chi connectivity index (χ1v) is 6.81. The zero-order valence-corrected chi connectivity index (χ0v) is 12.0. The Bertz CT molecular complexity index is 666. The zero-order chi connectivity index (χ0) is 13.8. The van der Waals surface area contributed by atoms with Crippen LogP contribution in [0.1, 0.15) is 30.7 Å². The minimum Gasteiger partial charge on any atom is -0.352 e. The van der Waals surface area contributed by atoms with Crippen LogP contribution in [0.3, 0.4) is 0 Å². The number of hydrogen-bond donors (Lipinski definition) is 1. The SMILES string of the molecule is CC.Cc1ccc2[nH]c(C3=CC=[C+]C=C3)c(C)c2c1. The Morgan fingerprint density at radius 2 is 1.89 bits per heavy atom. The fourth-order valence-corrected chi connectivity index (χ4v) is 2.28. The van der Waals surface area contributed by atoms with Gasteiger partial charge >= 0.3 is 0 Å². The topological polar surface area (TPSA) is 15.8 Å². The summed E-state index contributed by atoms with van der Waals surface area (Å²) in [6, 6.07) is 6.52. The Morgan fingerprint density at radius 1 is 1.11 bits per heavy atom. The highest BCUT2D eigenvalue weighted by molar-refractivity contribution is 5.91. The van der Waals surface area contributed by atoms with Gasteiger partial charge in [-0.3, -0.25) is 0 Å². The molecule has 1 aromatic carbocycles. The van der Waals surface area contributed by atoms with Gasteiger partial charge in [-0.05, 0) is 31.5 Å². The molecule has 0 unspecified atom stereocenters. The molecule has 1 aromatic heterocycles. The molecule has 0 aliphatic heterocycles. The average Bonchev–Trinajstić information content (AvgIpc) is 2.79. The van der Waals surface area contributed by atoms with Crippen molar-refractivity contribution < 1.29 is 0 Å². The quantitative estimate of drug-likeness (QED) is 0.676. The number of H-pyrrole nitrogens is 1. The van der Waals surface area contributed by atoms with Crippen LogP contribution in [-0.4, -0.2) is 4.98 Å². The van der Waals surface area contributed by atoms with Crippen LogP contribution in [0.25, 0.3) is 16.5 Å². The van der Waals surface area contributed by atoms with Crippen molar-refractivity contribution >= 4 is 16.5 Å². The Balaban J connectivity index is 0.000000637. The van der Waals surface area contributed by atoms with Crippen molar-refractivity contribution in [3.05, 3.63) is 65.4 Å². The molecular weight excluding hydrogens is 230 g/mol. The summed E-state index contributed by atoms with van der Waals surface area (Å²) in [5.74, 6) is 0. The molecule has 3 rings (SSSR count). The Labute approximate surface area is 115 Å². The monoisotopic (exact) mass is 250 g/mol. The van der Waals surface area contributed by atoms with Crippen molar-refractivity contribution in [1.82, 2.24) is 4.98 Å². The molecule has 2 aromatic rings. The van der Waals surface area contributed by atoms with E-state index in [-0.39, 0.29) is 0 Å². The smallest absolute Gasteiger partial charge is 0.109 e. The number of benzene rings is 1. The third-order valence-electron chi connectivity index (χ3n) is 3.22. The second kappa shape index (κ2) is 5.69. The summed E-state index contributed by atoms with van der Waals surface area (Å²) in [6.45, 7) is 8.30. The highest BCUT2D eigenvalue weighted by Gasteiger charge is 2.14. The molecule has 0 amide bonds. The van der Waals surface area contributed by atoms with Gasteiger partial charge in [0.15, 0.2) is 0 Å². The summed E-state index contributed by atoms with van der Waals surface area (Å²) in [4.78, 5) is 3.49. The van der Waals surface area contributed by atoms with Crippen LogP contribution < -0.4 is 0 Å². The highest BCUT2D eigenvalue weighted by Crippen LogP contribution is 2.28. The minimum absolute atomic E-state index is 1.20. The van der Waals surface area contributed by atoms with Crippen molar-refractivity contribution in [2.75, 3.05) is 0 Å². The predicted molar refractivity (Wildman–Crippen MR) is 84.1 cm³/mol. The summed E-state index contributed by atoms with van der Waals surface area (Å²) in [6.07, 6.45) is 11.1. The van der Waals surface area contributed by atoms with Gasteiger partial charge in [-0.2, -0.15) is 0 Å². The van der Waals surface area contributed by atoms with Crippen LogP contribution in [0.2, 0.25) is 0 Å². The summed E-state index contributed by atoms with van der Waals surface area (Å²) >= 11 is 0. The molecule has 96 valence electrons. The van der Waals surface area contributed by atoms with Gasteiger partial charge < -0.3 is 4.98 Å². The first-order chi connectivity index (χ1) is 9.25. The first-order valence-electron chi connectivity index (χ1n) is 6.81. The number of rotatable bonds is 1. The van der Waals surface area contributed by atoms with Crippen LogP contribution in [0, 0.1) is 19.9 Å². The Morgan fingerprint density at radius 3 is 2.58 bits per heavy atom. The first kappa shape index (κ1) is 13.3. The second-order valence-electron chi connectivity index (χ2n) is 4.46. The second-order valence-corrected chi connectivity index (χ2v) is 4.46. The molecule has 19 heavy (non-hydrogen) atoms. The molecule has 0 saturated heterocycles. The summed E-state index contributed by atoms with van der Waals surface area (Å²) in [7, 11) is 0. The molecule has 1 heteroatoms. The molecule has 1 heterocycles. The van der Waals surface area contributed by atoms with Crippen LogP contribution >= 0.6 is 0 Å². The van der Waals surface area contributed by atoms with Crippen molar-refractivity contribution in [2.45, 2.75) is 27.7 Å². The van der Waals surface area contributed by atoms with Crippen LogP contribution in [0.4, 0.5) is 0 Å². The zero-order valence-electron chi connectivity index (χ0n) is 12.0. The maximum Gasteiger partial charge on any atom is 0.109 e. The van der Waals surface area contributed by atoms with Crippen molar-refractivity contribution in [3.63, 3.8) is 0 Å². The number of aromatic nitrogens is 1. The largest absolute Gasteiger partial charge is 0.352 e. The van der Waals surface area contributed by atoms with Gasteiger partial charge in [-0.15, -0.1) is 0 Å². The van der Waals surface area contributed by atoms with E-state index in [0.29, 0.717) is 0 Å². The molecule has 0 radical (unpaired) electrons. The third-order valence-corrected chi connectivity index (χ3v) is 3.22. The molecule has 0 atom stereocenters. The molecular formula is C18H20N+. The highest BCUT2D eigenvalue weighted by atomic mass is 14.7. The third kappa shape index (κ3) is 2.52. The number of nitrogens with one attached hydrogen (secondary N) is 1. The molecule has 1 N–H and O–H groups in total. The van der Waals surface area contributed by atoms with Gasteiger partial charge in [0.05, 0.1) is 17.8 Å². The van der Waals surface area contributed by atoms with E-state index >= 15 is 0 Å². The van der Waals surface area contributed by atoms with Gasteiger partial charge in [0, 0.05) is 17.0 Å². The van der Waals surface area contributed by atoms with Crippen molar-refractivity contribution in [2.24, 2.45) is 0 Å². The minimum atomic E-state index is 1.20. The van der Waals surface area contributed by atoms with E-state index in [1.807, 2.05) is 26.0 Å². The van der Waals surface area contributed by atoms with Crippen molar-refractivity contribution in [1.29, 1.82) is 0 Å². The molecule has 0 saturated carbocycles. The number of allylic oxidation sites excluding steroid dienone is 6.